The third-order valence-electron chi connectivity index (χ3n) is 2.88. The Morgan fingerprint density at radius 2 is 2.00 bits per heavy atom. The Labute approximate surface area is 133 Å². The molecule has 0 saturated heterocycles. The number of rotatable bonds is 4. The van der Waals surface area contributed by atoms with Crippen LogP contribution in [0, 0.1) is 2.88 Å². The van der Waals surface area contributed by atoms with Gasteiger partial charge >= 0.3 is 6.18 Å². The molecule has 1 aromatic carbocycles. The molecule has 1 heterocycles. The molecule has 0 radical (unpaired) electrons. The number of thiophene rings is 1. The van der Waals surface area contributed by atoms with Gasteiger partial charge in [-0.1, -0.05) is 19.1 Å². The second kappa shape index (κ2) is 6.44. The van der Waals surface area contributed by atoms with Crippen molar-refractivity contribution in [1.82, 2.24) is 5.32 Å². The van der Waals surface area contributed by atoms with Gasteiger partial charge in [-0.3, -0.25) is 0 Å². The SMILES string of the molecule is CCNC(c1cccc(C(F)(F)F)c1)c1csc(I)c1. The van der Waals surface area contributed by atoms with Crippen molar-refractivity contribution in [2.75, 3.05) is 6.54 Å². The summed E-state index contributed by atoms with van der Waals surface area (Å²) in [5.41, 5.74) is 1.03. The topological polar surface area (TPSA) is 12.0 Å². The third kappa shape index (κ3) is 3.73. The molecule has 0 amide bonds. The van der Waals surface area contributed by atoms with Crippen LogP contribution in [0.25, 0.3) is 0 Å². The summed E-state index contributed by atoms with van der Waals surface area (Å²) in [6.45, 7) is 2.63. The van der Waals surface area contributed by atoms with E-state index in [-0.39, 0.29) is 6.04 Å². The summed E-state index contributed by atoms with van der Waals surface area (Å²) in [5.74, 6) is 0. The van der Waals surface area contributed by atoms with Crippen LogP contribution in [-0.4, -0.2) is 6.54 Å². The lowest BCUT2D eigenvalue weighted by molar-refractivity contribution is -0.137. The van der Waals surface area contributed by atoms with Crippen molar-refractivity contribution < 1.29 is 13.2 Å². The first-order chi connectivity index (χ1) is 9.41. The third-order valence-corrected chi connectivity index (χ3v) is 4.68. The minimum absolute atomic E-state index is 0.206. The molecule has 20 heavy (non-hydrogen) atoms. The molecule has 1 unspecified atom stereocenters. The maximum absolute atomic E-state index is 12.8. The summed E-state index contributed by atoms with van der Waals surface area (Å²) >= 11 is 3.80. The van der Waals surface area contributed by atoms with Crippen LogP contribution in [0.15, 0.2) is 35.7 Å². The molecule has 0 spiro atoms. The van der Waals surface area contributed by atoms with Crippen molar-refractivity contribution in [3.63, 3.8) is 0 Å². The highest BCUT2D eigenvalue weighted by Crippen LogP contribution is 2.33. The molecular weight excluding hydrogens is 398 g/mol. The van der Waals surface area contributed by atoms with Gasteiger partial charge in [0.1, 0.15) is 0 Å². The van der Waals surface area contributed by atoms with E-state index in [0.717, 1.165) is 14.5 Å². The maximum Gasteiger partial charge on any atom is 0.416 e. The van der Waals surface area contributed by atoms with E-state index in [1.165, 1.54) is 12.1 Å². The van der Waals surface area contributed by atoms with Gasteiger partial charge in [0.05, 0.1) is 14.5 Å². The van der Waals surface area contributed by atoms with Crippen LogP contribution in [0.3, 0.4) is 0 Å². The van der Waals surface area contributed by atoms with Gasteiger partial charge in [-0.15, -0.1) is 11.3 Å². The monoisotopic (exact) mass is 411 g/mol. The van der Waals surface area contributed by atoms with Gasteiger partial charge in [0, 0.05) is 0 Å². The number of benzene rings is 1. The number of halogens is 4. The Bertz CT molecular complexity index is 580. The van der Waals surface area contributed by atoms with Crippen LogP contribution in [0.4, 0.5) is 13.2 Å². The molecule has 1 N–H and O–H groups in total. The highest BCUT2D eigenvalue weighted by Gasteiger charge is 2.31. The molecular formula is C14H13F3INS. The fourth-order valence-electron chi connectivity index (χ4n) is 2.00. The van der Waals surface area contributed by atoms with Crippen molar-refractivity contribution in [3.05, 3.63) is 55.3 Å². The minimum atomic E-state index is -4.31. The number of hydrogen-bond acceptors (Lipinski definition) is 2. The van der Waals surface area contributed by atoms with Gasteiger partial charge in [-0.05, 0) is 63.8 Å². The van der Waals surface area contributed by atoms with Crippen LogP contribution >= 0.6 is 33.9 Å². The van der Waals surface area contributed by atoms with Gasteiger partial charge in [0.2, 0.25) is 0 Å². The zero-order valence-electron chi connectivity index (χ0n) is 10.7. The van der Waals surface area contributed by atoms with E-state index in [1.807, 2.05) is 18.4 Å². The van der Waals surface area contributed by atoms with Crippen LogP contribution < -0.4 is 5.32 Å². The molecule has 6 heteroatoms. The van der Waals surface area contributed by atoms with Crippen LogP contribution in [0.2, 0.25) is 0 Å². The normalized spacial score (nSPS) is 13.4. The predicted octanol–water partition coefficient (Wildman–Crippen LogP) is 5.07. The average molecular weight is 411 g/mol. The van der Waals surface area contributed by atoms with Crippen molar-refractivity contribution in [2.24, 2.45) is 0 Å². The molecule has 108 valence electrons. The molecule has 0 aliphatic carbocycles. The second-order valence-corrected chi connectivity index (χ2v) is 7.10. The smallest absolute Gasteiger partial charge is 0.307 e. The van der Waals surface area contributed by atoms with Crippen molar-refractivity contribution in [3.8, 4) is 0 Å². The molecule has 1 nitrogen and oxygen atoms in total. The standard InChI is InChI=1S/C14H13F3INS/c1-2-19-13(10-7-12(18)20-8-10)9-4-3-5-11(6-9)14(15,16)17/h3-8,13,19H,2H2,1H3. The molecule has 2 rings (SSSR count). The molecule has 0 aliphatic rings. The molecule has 0 fully saturated rings. The van der Waals surface area contributed by atoms with E-state index in [0.29, 0.717) is 12.1 Å². The van der Waals surface area contributed by atoms with Crippen LogP contribution in [0.1, 0.15) is 29.7 Å². The summed E-state index contributed by atoms with van der Waals surface area (Å²) in [5, 5.41) is 5.22. The lowest BCUT2D eigenvalue weighted by Gasteiger charge is -2.19. The number of alkyl halides is 3. The first-order valence-electron chi connectivity index (χ1n) is 6.06. The lowest BCUT2D eigenvalue weighted by atomic mass is 9.99. The van der Waals surface area contributed by atoms with E-state index >= 15 is 0 Å². The van der Waals surface area contributed by atoms with E-state index in [1.54, 1.807) is 17.4 Å². The van der Waals surface area contributed by atoms with E-state index in [9.17, 15) is 13.2 Å². The first kappa shape index (κ1) is 15.8. The number of nitrogens with one attached hydrogen (secondary N) is 1. The highest BCUT2D eigenvalue weighted by molar-refractivity contribution is 14.1. The molecule has 0 bridgehead atoms. The number of hydrogen-bond donors (Lipinski definition) is 1. The Morgan fingerprint density at radius 3 is 2.55 bits per heavy atom. The summed E-state index contributed by atoms with van der Waals surface area (Å²) in [6, 6.07) is 7.30. The van der Waals surface area contributed by atoms with Gasteiger partial charge < -0.3 is 5.32 Å². The minimum Gasteiger partial charge on any atom is -0.307 e. The Hall–Kier alpha value is -0.600. The zero-order chi connectivity index (χ0) is 14.8. The summed E-state index contributed by atoms with van der Waals surface area (Å²) in [4.78, 5) is 0. The first-order valence-corrected chi connectivity index (χ1v) is 8.02. The van der Waals surface area contributed by atoms with Crippen molar-refractivity contribution >= 4 is 33.9 Å². The van der Waals surface area contributed by atoms with Crippen LogP contribution in [-0.2, 0) is 6.18 Å². The fourth-order valence-corrected chi connectivity index (χ4v) is 3.40. The van der Waals surface area contributed by atoms with Gasteiger partial charge in [-0.2, -0.15) is 13.2 Å². The van der Waals surface area contributed by atoms with Gasteiger partial charge in [0.15, 0.2) is 0 Å². The summed E-state index contributed by atoms with van der Waals surface area (Å²) in [6.07, 6.45) is -4.31. The predicted molar refractivity (Wildman–Crippen MR) is 84.0 cm³/mol. The molecule has 0 aliphatic heterocycles. The molecule has 1 aromatic heterocycles. The molecule has 2 aromatic rings. The molecule has 1 atom stereocenters. The van der Waals surface area contributed by atoms with E-state index < -0.39 is 11.7 Å². The summed E-state index contributed by atoms with van der Waals surface area (Å²) < 4.78 is 39.5. The quantitative estimate of drug-likeness (QED) is 0.693. The van der Waals surface area contributed by atoms with Gasteiger partial charge in [-0.25, -0.2) is 0 Å². The van der Waals surface area contributed by atoms with Gasteiger partial charge in [0.25, 0.3) is 0 Å². The summed E-state index contributed by atoms with van der Waals surface area (Å²) in [7, 11) is 0. The zero-order valence-corrected chi connectivity index (χ0v) is 13.6. The molecule has 0 saturated carbocycles. The van der Waals surface area contributed by atoms with E-state index in [4.69, 9.17) is 0 Å². The van der Waals surface area contributed by atoms with Crippen molar-refractivity contribution in [1.29, 1.82) is 0 Å². The van der Waals surface area contributed by atoms with Crippen LogP contribution in [0.5, 0.6) is 0 Å². The maximum atomic E-state index is 12.8. The Balaban J connectivity index is 2.39. The largest absolute Gasteiger partial charge is 0.416 e. The average Bonchev–Trinajstić information content (AvgIpc) is 2.81. The second-order valence-electron chi connectivity index (χ2n) is 4.30. The van der Waals surface area contributed by atoms with E-state index in [2.05, 4.69) is 27.9 Å². The lowest BCUT2D eigenvalue weighted by Crippen LogP contribution is -2.22. The fraction of sp³-hybridized carbons (Fsp3) is 0.286. The Morgan fingerprint density at radius 1 is 1.25 bits per heavy atom. The highest BCUT2D eigenvalue weighted by atomic mass is 127. The Kier molecular flexibility index (Phi) is 5.09. The van der Waals surface area contributed by atoms with Crippen molar-refractivity contribution in [2.45, 2.75) is 19.1 Å².